The van der Waals surface area contributed by atoms with Gasteiger partial charge in [0.05, 0.1) is 6.20 Å². The lowest BCUT2D eigenvalue weighted by molar-refractivity contribution is 0.472. The predicted molar refractivity (Wildman–Crippen MR) is 95.3 cm³/mol. The second-order valence-electron chi connectivity index (χ2n) is 6.41. The van der Waals surface area contributed by atoms with Gasteiger partial charge in [-0.2, -0.15) is 0 Å². The third-order valence-electron chi connectivity index (χ3n) is 4.13. The minimum absolute atomic E-state index is 0.554. The van der Waals surface area contributed by atoms with Crippen molar-refractivity contribution < 1.29 is 0 Å². The van der Waals surface area contributed by atoms with Gasteiger partial charge in [-0.15, -0.1) is 5.10 Å². The predicted octanol–water partition coefficient (Wildman–Crippen LogP) is 4.91. The van der Waals surface area contributed by atoms with Crippen LogP contribution in [0.5, 0.6) is 0 Å². The Bertz CT molecular complexity index is 982. The fraction of sp³-hybridized carbons (Fsp3) is 0.200. The molecule has 3 aromatic carbocycles. The lowest BCUT2D eigenvalue weighted by Crippen LogP contribution is -2.04. The Hall–Kier alpha value is -2.68. The molecule has 4 aromatic rings. The maximum atomic E-state index is 4.41. The lowest BCUT2D eigenvalue weighted by Gasteiger charge is -2.08. The summed E-state index contributed by atoms with van der Waals surface area (Å²) in [5.74, 6) is 0.554. The highest BCUT2D eigenvalue weighted by atomic mass is 15.4. The number of hydrogen-bond donors (Lipinski definition) is 0. The summed E-state index contributed by atoms with van der Waals surface area (Å²) >= 11 is 0. The smallest absolute Gasteiger partial charge is 0.113 e. The first kappa shape index (κ1) is 13.9. The van der Waals surface area contributed by atoms with E-state index < -0.39 is 0 Å². The lowest BCUT2D eigenvalue weighted by atomic mass is 9.96. The summed E-state index contributed by atoms with van der Waals surface area (Å²) in [5.41, 5.74) is 2.09. The number of nitrogens with zero attached hydrogens (tertiary/aromatic N) is 3. The van der Waals surface area contributed by atoms with Gasteiger partial charge in [0.25, 0.3) is 0 Å². The Morgan fingerprint density at radius 2 is 1.61 bits per heavy atom. The Kier molecular flexibility index (Phi) is 3.34. The number of benzene rings is 3. The van der Waals surface area contributed by atoms with Crippen LogP contribution in [0, 0.1) is 5.92 Å². The van der Waals surface area contributed by atoms with Crippen molar-refractivity contribution in [2.24, 2.45) is 5.92 Å². The van der Waals surface area contributed by atoms with E-state index in [1.807, 2.05) is 4.68 Å². The van der Waals surface area contributed by atoms with E-state index in [2.05, 4.69) is 85.0 Å². The molecule has 0 unspecified atom stereocenters. The van der Waals surface area contributed by atoms with Crippen molar-refractivity contribution in [1.29, 1.82) is 0 Å². The van der Waals surface area contributed by atoms with E-state index in [-0.39, 0.29) is 0 Å². The van der Waals surface area contributed by atoms with Crippen LogP contribution in [0.2, 0.25) is 0 Å². The van der Waals surface area contributed by atoms with E-state index >= 15 is 0 Å². The van der Waals surface area contributed by atoms with Crippen molar-refractivity contribution in [2.75, 3.05) is 0 Å². The first-order valence-electron chi connectivity index (χ1n) is 8.03. The molecule has 0 bridgehead atoms. The minimum Gasteiger partial charge on any atom is -0.252 e. The van der Waals surface area contributed by atoms with Crippen LogP contribution < -0.4 is 0 Å². The molecule has 0 saturated heterocycles. The normalized spacial score (nSPS) is 11.6. The van der Waals surface area contributed by atoms with Crippen molar-refractivity contribution in [1.82, 2.24) is 15.0 Å². The van der Waals surface area contributed by atoms with E-state index in [0.29, 0.717) is 5.92 Å². The number of rotatable bonds is 3. The van der Waals surface area contributed by atoms with Gasteiger partial charge in [0.1, 0.15) is 5.69 Å². The second-order valence-corrected chi connectivity index (χ2v) is 6.41. The third-order valence-corrected chi connectivity index (χ3v) is 4.13. The average Bonchev–Trinajstić information content (AvgIpc) is 3.01. The summed E-state index contributed by atoms with van der Waals surface area (Å²) < 4.78 is 1.93. The van der Waals surface area contributed by atoms with Gasteiger partial charge in [-0.1, -0.05) is 67.6 Å². The van der Waals surface area contributed by atoms with Gasteiger partial charge in [-0.25, -0.2) is 0 Å². The summed E-state index contributed by atoms with van der Waals surface area (Å²) in [6.45, 7) is 5.26. The molecule has 1 heterocycles. The largest absolute Gasteiger partial charge is 0.252 e. The van der Waals surface area contributed by atoms with Crippen molar-refractivity contribution in [2.45, 2.75) is 20.4 Å². The van der Waals surface area contributed by atoms with Gasteiger partial charge in [0.2, 0.25) is 0 Å². The highest BCUT2D eigenvalue weighted by molar-refractivity contribution is 6.13. The molecule has 0 saturated carbocycles. The summed E-state index contributed by atoms with van der Waals surface area (Å²) in [5, 5.41) is 13.7. The standard InChI is InChI=1S/C20H19N3/c1-14(2)12-23-13-20(21-22-23)19-11-15-7-3-4-8-16(15)17-9-5-6-10-18(17)19/h3-11,13-14H,12H2,1-2H3. The molecule has 0 N–H and O–H groups in total. The molecule has 3 heteroatoms. The van der Waals surface area contributed by atoms with Gasteiger partial charge >= 0.3 is 0 Å². The number of fused-ring (bicyclic) bond motifs is 3. The van der Waals surface area contributed by atoms with Crippen LogP contribution in [0.4, 0.5) is 0 Å². The molecular weight excluding hydrogens is 282 g/mol. The SMILES string of the molecule is CC(C)Cn1cc(-c2cc3ccccc3c3ccccc23)nn1. The van der Waals surface area contributed by atoms with Crippen molar-refractivity contribution in [3.8, 4) is 11.3 Å². The van der Waals surface area contributed by atoms with Gasteiger partial charge in [0, 0.05) is 12.1 Å². The zero-order chi connectivity index (χ0) is 15.8. The van der Waals surface area contributed by atoms with E-state index in [4.69, 9.17) is 0 Å². The Morgan fingerprint density at radius 1 is 0.913 bits per heavy atom. The van der Waals surface area contributed by atoms with Crippen molar-refractivity contribution >= 4 is 21.5 Å². The molecule has 0 spiro atoms. The molecule has 0 aliphatic rings. The van der Waals surface area contributed by atoms with Crippen LogP contribution in [0.15, 0.2) is 60.8 Å². The Labute approximate surface area is 135 Å². The highest BCUT2D eigenvalue weighted by Crippen LogP contribution is 2.33. The third kappa shape index (κ3) is 2.48. The first-order valence-corrected chi connectivity index (χ1v) is 8.03. The molecule has 0 fully saturated rings. The van der Waals surface area contributed by atoms with Gasteiger partial charge in [-0.05, 0) is 33.5 Å². The van der Waals surface area contributed by atoms with E-state index in [1.54, 1.807) is 0 Å². The number of aromatic nitrogens is 3. The quantitative estimate of drug-likeness (QED) is 0.503. The zero-order valence-electron chi connectivity index (χ0n) is 13.4. The molecule has 1 aromatic heterocycles. The maximum absolute atomic E-state index is 4.41. The topological polar surface area (TPSA) is 30.7 Å². The summed E-state index contributed by atoms with van der Waals surface area (Å²) in [4.78, 5) is 0. The summed E-state index contributed by atoms with van der Waals surface area (Å²) in [6.07, 6.45) is 2.05. The highest BCUT2D eigenvalue weighted by Gasteiger charge is 2.11. The van der Waals surface area contributed by atoms with E-state index in [0.717, 1.165) is 17.8 Å². The van der Waals surface area contributed by atoms with Crippen LogP contribution in [0.25, 0.3) is 32.8 Å². The molecule has 0 atom stereocenters. The first-order chi connectivity index (χ1) is 11.2. The molecule has 23 heavy (non-hydrogen) atoms. The molecule has 114 valence electrons. The molecule has 0 amide bonds. The van der Waals surface area contributed by atoms with Crippen LogP contribution in [-0.4, -0.2) is 15.0 Å². The van der Waals surface area contributed by atoms with E-state index in [1.165, 1.54) is 21.5 Å². The fourth-order valence-corrected chi connectivity index (χ4v) is 3.15. The Balaban J connectivity index is 1.96. The molecule has 0 aliphatic heterocycles. The van der Waals surface area contributed by atoms with Gasteiger partial charge < -0.3 is 0 Å². The van der Waals surface area contributed by atoms with Crippen molar-refractivity contribution in [3.63, 3.8) is 0 Å². The van der Waals surface area contributed by atoms with Crippen LogP contribution in [-0.2, 0) is 6.54 Å². The Morgan fingerprint density at radius 3 is 2.39 bits per heavy atom. The molecule has 0 aliphatic carbocycles. The molecule has 4 rings (SSSR count). The fourth-order valence-electron chi connectivity index (χ4n) is 3.15. The summed E-state index contributed by atoms with van der Waals surface area (Å²) in [6, 6.07) is 19.2. The van der Waals surface area contributed by atoms with Gasteiger partial charge in [-0.3, -0.25) is 4.68 Å². The molecular formula is C20H19N3. The second kappa shape index (κ2) is 5.51. The van der Waals surface area contributed by atoms with Crippen LogP contribution >= 0.6 is 0 Å². The monoisotopic (exact) mass is 301 g/mol. The summed E-state index contributed by atoms with van der Waals surface area (Å²) in [7, 11) is 0. The molecule has 3 nitrogen and oxygen atoms in total. The molecule has 0 radical (unpaired) electrons. The average molecular weight is 301 g/mol. The minimum atomic E-state index is 0.554. The zero-order valence-corrected chi connectivity index (χ0v) is 13.4. The maximum Gasteiger partial charge on any atom is 0.113 e. The van der Waals surface area contributed by atoms with E-state index in [9.17, 15) is 0 Å². The van der Waals surface area contributed by atoms with Crippen LogP contribution in [0.1, 0.15) is 13.8 Å². The van der Waals surface area contributed by atoms with Crippen LogP contribution in [0.3, 0.4) is 0 Å². The van der Waals surface area contributed by atoms with Crippen molar-refractivity contribution in [3.05, 3.63) is 60.8 Å². The number of hydrogen-bond acceptors (Lipinski definition) is 2. The van der Waals surface area contributed by atoms with Gasteiger partial charge in [0.15, 0.2) is 0 Å².